The summed E-state index contributed by atoms with van der Waals surface area (Å²) in [6.45, 7) is 0. The van der Waals surface area contributed by atoms with Crippen molar-refractivity contribution < 1.29 is 4.79 Å². The Morgan fingerprint density at radius 3 is 2.16 bits per heavy atom. The van der Waals surface area contributed by atoms with Crippen LogP contribution in [0.1, 0.15) is 63.4 Å². The molecule has 0 bridgehead atoms. The standard InChI is InChI=1S/C18H24O/c19-17(15-9-5-6-10-15)18(13-7-2-8-14-18)16-11-3-1-4-12-16/h1,3-4,11-12,15H,2,5-10,13-14H2. The Balaban J connectivity index is 1.94. The molecule has 0 unspecified atom stereocenters. The van der Waals surface area contributed by atoms with Crippen LogP contribution < -0.4 is 0 Å². The van der Waals surface area contributed by atoms with E-state index in [0.29, 0.717) is 11.7 Å². The summed E-state index contributed by atoms with van der Waals surface area (Å²) in [4.78, 5) is 13.1. The minimum Gasteiger partial charge on any atom is -0.298 e. The summed E-state index contributed by atoms with van der Waals surface area (Å²) in [5, 5.41) is 0. The van der Waals surface area contributed by atoms with Gasteiger partial charge in [0.2, 0.25) is 0 Å². The molecule has 1 aromatic rings. The number of hydrogen-bond donors (Lipinski definition) is 0. The lowest BCUT2D eigenvalue weighted by Crippen LogP contribution is -2.41. The second kappa shape index (κ2) is 5.48. The van der Waals surface area contributed by atoms with Crippen molar-refractivity contribution in [3.63, 3.8) is 0 Å². The normalized spacial score (nSPS) is 23.4. The SMILES string of the molecule is O=C(C1CCCC1)C1(c2ccccc2)CCCCC1. The molecule has 0 saturated heterocycles. The molecule has 0 N–H and O–H groups in total. The maximum atomic E-state index is 13.1. The molecule has 1 heteroatoms. The highest BCUT2D eigenvalue weighted by atomic mass is 16.1. The second-order valence-corrected chi connectivity index (χ2v) is 6.35. The molecule has 0 heterocycles. The van der Waals surface area contributed by atoms with Gasteiger partial charge in [0.1, 0.15) is 5.78 Å². The average molecular weight is 256 g/mol. The zero-order chi connectivity index (χ0) is 13.1. The van der Waals surface area contributed by atoms with Crippen LogP contribution in [0.25, 0.3) is 0 Å². The lowest BCUT2D eigenvalue weighted by atomic mass is 9.64. The Hall–Kier alpha value is -1.11. The summed E-state index contributed by atoms with van der Waals surface area (Å²) in [5.41, 5.74) is 1.14. The first-order valence-electron chi connectivity index (χ1n) is 7.93. The van der Waals surface area contributed by atoms with E-state index in [1.807, 2.05) is 0 Å². The number of hydrogen-bond acceptors (Lipinski definition) is 1. The first-order valence-corrected chi connectivity index (χ1v) is 7.93. The van der Waals surface area contributed by atoms with Gasteiger partial charge in [0.05, 0.1) is 5.41 Å². The zero-order valence-electron chi connectivity index (χ0n) is 11.7. The van der Waals surface area contributed by atoms with Gasteiger partial charge in [0, 0.05) is 5.92 Å². The fourth-order valence-corrected chi connectivity index (χ4v) is 4.17. The van der Waals surface area contributed by atoms with E-state index in [2.05, 4.69) is 30.3 Å². The van der Waals surface area contributed by atoms with Crippen LogP contribution in [0.4, 0.5) is 0 Å². The van der Waals surface area contributed by atoms with Crippen LogP contribution in [-0.2, 0) is 10.2 Å². The summed E-state index contributed by atoms with van der Waals surface area (Å²) in [6, 6.07) is 10.6. The summed E-state index contributed by atoms with van der Waals surface area (Å²) in [5.74, 6) is 0.911. The predicted molar refractivity (Wildman–Crippen MR) is 78.2 cm³/mol. The van der Waals surface area contributed by atoms with Gasteiger partial charge in [0.15, 0.2) is 0 Å². The monoisotopic (exact) mass is 256 g/mol. The molecule has 2 aliphatic carbocycles. The molecule has 0 amide bonds. The van der Waals surface area contributed by atoms with Crippen LogP contribution in [0, 0.1) is 5.92 Å². The van der Waals surface area contributed by atoms with Crippen molar-refractivity contribution >= 4 is 5.78 Å². The number of rotatable bonds is 3. The first kappa shape index (κ1) is 12.9. The Morgan fingerprint density at radius 2 is 1.53 bits per heavy atom. The first-order chi connectivity index (χ1) is 9.33. The molecule has 102 valence electrons. The molecule has 2 saturated carbocycles. The highest BCUT2D eigenvalue weighted by Crippen LogP contribution is 2.44. The fourth-order valence-electron chi connectivity index (χ4n) is 4.17. The maximum Gasteiger partial charge on any atom is 0.146 e. The van der Waals surface area contributed by atoms with Crippen LogP contribution >= 0.6 is 0 Å². The minimum atomic E-state index is -0.144. The van der Waals surface area contributed by atoms with Gasteiger partial charge in [-0.15, -0.1) is 0 Å². The lowest BCUT2D eigenvalue weighted by molar-refractivity contribution is -0.129. The number of benzene rings is 1. The minimum absolute atomic E-state index is 0.144. The van der Waals surface area contributed by atoms with E-state index < -0.39 is 0 Å². The Kier molecular flexibility index (Phi) is 3.72. The molecule has 0 aliphatic heterocycles. The molecule has 2 aliphatic rings. The van der Waals surface area contributed by atoms with Crippen molar-refractivity contribution in [2.24, 2.45) is 5.92 Å². The Bertz CT molecular complexity index is 422. The number of Topliss-reactive ketones (excluding diaryl/α,β-unsaturated/α-hetero) is 1. The van der Waals surface area contributed by atoms with Crippen LogP contribution in [0.3, 0.4) is 0 Å². The summed E-state index contributed by atoms with van der Waals surface area (Å²) in [6.07, 6.45) is 10.6. The molecule has 0 atom stereocenters. The third-order valence-corrected chi connectivity index (χ3v) is 5.23. The van der Waals surface area contributed by atoms with Crippen molar-refractivity contribution in [2.45, 2.75) is 63.2 Å². The van der Waals surface area contributed by atoms with Crippen molar-refractivity contribution in [3.8, 4) is 0 Å². The van der Waals surface area contributed by atoms with Crippen LogP contribution in [0.2, 0.25) is 0 Å². The Labute approximate surface area is 116 Å². The summed E-state index contributed by atoms with van der Waals surface area (Å²) < 4.78 is 0. The quantitative estimate of drug-likeness (QED) is 0.769. The Morgan fingerprint density at radius 1 is 0.895 bits per heavy atom. The van der Waals surface area contributed by atoms with Gasteiger partial charge in [0.25, 0.3) is 0 Å². The molecule has 1 nitrogen and oxygen atoms in total. The van der Waals surface area contributed by atoms with E-state index in [-0.39, 0.29) is 5.41 Å². The molecular formula is C18H24O. The number of carbonyl (C=O) groups excluding carboxylic acids is 1. The second-order valence-electron chi connectivity index (χ2n) is 6.35. The van der Waals surface area contributed by atoms with Gasteiger partial charge in [-0.3, -0.25) is 4.79 Å². The largest absolute Gasteiger partial charge is 0.298 e. The summed E-state index contributed by atoms with van der Waals surface area (Å²) in [7, 11) is 0. The molecule has 19 heavy (non-hydrogen) atoms. The molecule has 0 spiro atoms. The topological polar surface area (TPSA) is 17.1 Å². The third kappa shape index (κ3) is 2.35. The van der Waals surface area contributed by atoms with Gasteiger partial charge < -0.3 is 0 Å². The smallest absolute Gasteiger partial charge is 0.146 e. The van der Waals surface area contributed by atoms with Crippen molar-refractivity contribution in [1.82, 2.24) is 0 Å². The third-order valence-electron chi connectivity index (χ3n) is 5.23. The molecule has 1 aromatic carbocycles. The molecular weight excluding hydrogens is 232 g/mol. The van der Waals surface area contributed by atoms with Crippen molar-refractivity contribution in [2.75, 3.05) is 0 Å². The van der Waals surface area contributed by atoms with Gasteiger partial charge in [-0.05, 0) is 31.2 Å². The van der Waals surface area contributed by atoms with E-state index in [0.717, 1.165) is 25.7 Å². The molecule has 0 radical (unpaired) electrons. The van der Waals surface area contributed by atoms with Gasteiger partial charge >= 0.3 is 0 Å². The van der Waals surface area contributed by atoms with Crippen LogP contribution in [0.5, 0.6) is 0 Å². The number of carbonyl (C=O) groups is 1. The summed E-state index contributed by atoms with van der Waals surface area (Å²) >= 11 is 0. The molecule has 3 rings (SSSR count). The van der Waals surface area contributed by atoms with E-state index >= 15 is 0 Å². The zero-order valence-corrected chi connectivity index (χ0v) is 11.7. The average Bonchev–Trinajstić information content (AvgIpc) is 3.02. The van der Waals surface area contributed by atoms with Gasteiger partial charge in [-0.1, -0.05) is 62.4 Å². The van der Waals surface area contributed by atoms with Crippen molar-refractivity contribution in [1.29, 1.82) is 0 Å². The van der Waals surface area contributed by atoms with Crippen LogP contribution in [-0.4, -0.2) is 5.78 Å². The maximum absolute atomic E-state index is 13.1. The molecule has 2 fully saturated rings. The van der Waals surface area contributed by atoms with Gasteiger partial charge in [-0.2, -0.15) is 0 Å². The highest BCUT2D eigenvalue weighted by Gasteiger charge is 2.44. The highest BCUT2D eigenvalue weighted by molar-refractivity contribution is 5.92. The van der Waals surface area contributed by atoms with E-state index in [1.165, 1.54) is 37.7 Å². The lowest BCUT2D eigenvalue weighted by Gasteiger charge is -2.38. The van der Waals surface area contributed by atoms with E-state index in [9.17, 15) is 4.79 Å². The van der Waals surface area contributed by atoms with E-state index in [4.69, 9.17) is 0 Å². The fraction of sp³-hybridized carbons (Fsp3) is 0.611. The number of ketones is 1. The van der Waals surface area contributed by atoms with E-state index in [1.54, 1.807) is 0 Å². The molecule has 0 aromatic heterocycles. The van der Waals surface area contributed by atoms with Crippen molar-refractivity contribution in [3.05, 3.63) is 35.9 Å². The predicted octanol–water partition coefficient (Wildman–Crippen LogP) is 4.65. The van der Waals surface area contributed by atoms with Crippen LogP contribution in [0.15, 0.2) is 30.3 Å². The van der Waals surface area contributed by atoms with Gasteiger partial charge in [-0.25, -0.2) is 0 Å².